The molecule has 3 aromatic rings. The van der Waals surface area contributed by atoms with E-state index >= 15 is 0 Å². The van der Waals surface area contributed by atoms with Crippen LogP contribution in [0.25, 0.3) is 10.9 Å². The number of aryl methyl sites for hydroxylation is 1. The first-order chi connectivity index (χ1) is 17.3. The molecule has 1 aromatic heterocycles. The number of likely N-dealkylation sites (N-methyl/N-ethyl adjacent to an activating group) is 1. The topological polar surface area (TPSA) is 112 Å². The number of anilines is 2. The largest absolute Gasteiger partial charge is 0.298 e. The van der Waals surface area contributed by atoms with Crippen molar-refractivity contribution in [1.82, 2.24) is 14.8 Å². The van der Waals surface area contributed by atoms with Crippen LogP contribution >= 0.6 is 0 Å². The van der Waals surface area contributed by atoms with Gasteiger partial charge in [-0.15, -0.1) is 0 Å². The lowest BCUT2D eigenvalue weighted by molar-refractivity contribution is 0.106. The maximum Gasteiger partial charge on any atom is 0.229 e. The molecule has 2 heterocycles. The van der Waals surface area contributed by atoms with Crippen LogP contribution in [0.5, 0.6) is 0 Å². The summed E-state index contributed by atoms with van der Waals surface area (Å²) in [6, 6.07) is 15.5. The maximum atomic E-state index is 11.6. The zero-order chi connectivity index (χ0) is 26.8. The summed E-state index contributed by atoms with van der Waals surface area (Å²) in [5.41, 5.74) is 5.16. The summed E-state index contributed by atoms with van der Waals surface area (Å²) in [5, 5.41) is 0.932. The minimum atomic E-state index is -3.33. The SMILES string of the molecule is Cc1cc(CN(C)C2CCCN(Cc3ccc(NS(C)(=O)=O)cc3)C2)nc2ccc(NS(C)(=O)=O)cc12. The van der Waals surface area contributed by atoms with Gasteiger partial charge in [0.05, 0.1) is 23.7 Å². The summed E-state index contributed by atoms with van der Waals surface area (Å²) in [6.45, 7) is 5.56. The van der Waals surface area contributed by atoms with E-state index in [-0.39, 0.29) is 0 Å². The molecule has 1 unspecified atom stereocenters. The number of sulfonamides is 2. The van der Waals surface area contributed by atoms with Gasteiger partial charge in [0, 0.05) is 42.4 Å². The number of nitrogens with zero attached hydrogens (tertiary/aromatic N) is 3. The molecule has 37 heavy (non-hydrogen) atoms. The molecule has 1 saturated heterocycles. The minimum Gasteiger partial charge on any atom is -0.298 e. The number of fused-ring (bicyclic) bond motifs is 1. The first kappa shape index (κ1) is 27.3. The molecule has 2 N–H and O–H groups in total. The van der Waals surface area contributed by atoms with E-state index < -0.39 is 20.0 Å². The van der Waals surface area contributed by atoms with Crippen LogP contribution in [-0.4, -0.2) is 70.3 Å². The highest BCUT2D eigenvalue weighted by Gasteiger charge is 2.24. The van der Waals surface area contributed by atoms with Crippen LogP contribution in [0.3, 0.4) is 0 Å². The standard InChI is InChI=1S/C26H35N5O4S2/c1-19-14-23(27-26-12-11-22(15-25(19)26)29-37(4,34)35)17-30(2)24-6-5-13-31(18-24)16-20-7-9-21(10-8-20)28-36(3,32)33/h7-12,14-15,24,28-29H,5-6,13,16-18H2,1-4H3. The van der Waals surface area contributed by atoms with Crippen molar-refractivity contribution in [2.24, 2.45) is 0 Å². The molecule has 0 bridgehead atoms. The lowest BCUT2D eigenvalue weighted by Gasteiger charge is -2.37. The molecule has 0 amide bonds. The van der Waals surface area contributed by atoms with Gasteiger partial charge in [0.1, 0.15) is 0 Å². The molecular weight excluding hydrogens is 510 g/mol. The molecule has 9 nitrogen and oxygen atoms in total. The number of benzene rings is 2. The Bertz CT molecular complexity index is 1470. The summed E-state index contributed by atoms with van der Waals surface area (Å²) >= 11 is 0. The Morgan fingerprint density at radius 2 is 1.62 bits per heavy atom. The van der Waals surface area contributed by atoms with Crippen LogP contribution in [0.15, 0.2) is 48.5 Å². The summed E-state index contributed by atoms with van der Waals surface area (Å²) < 4.78 is 51.0. The van der Waals surface area contributed by atoms with E-state index in [0.29, 0.717) is 17.4 Å². The Kier molecular flexibility index (Phi) is 8.08. The smallest absolute Gasteiger partial charge is 0.229 e. The summed E-state index contributed by atoms with van der Waals surface area (Å²) in [5.74, 6) is 0. The van der Waals surface area contributed by atoms with Crippen molar-refractivity contribution in [2.75, 3.05) is 42.1 Å². The molecule has 1 fully saturated rings. The molecule has 1 aliphatic rings. The second-order valence-corrected chi connectivity index (χ2v) is 13.6. The number of likely N-dealkylation sites (tertiary alicyclic amines) is 1. The van der Waals surface area contributed by atoms with Gasteiger partial charge in [0.15, 0.2) is 0 Å². The Morgan fingerprint density at radius 3 is 2.30 bits per heavy atom. The van der Waals surface area contributed by atoms with Gasteiger partial charge in [0.25, 0.3) is 0 Å². The lowest BCUT2D eigenvalue weighted by Crippen LogP contribution is -2.45. The molecule has 0 spiro atoms. The third kappa shape index (κ3) is 7.88. The normalized spacial score (nSPS) is 17.3. The second kappa shape index (κ2) is 10.9. The maximum absolute atomic E-state index is 11.6. The van der Waals surface area contributed by atoms with Gasteiger partial charge in [-0.2, -0.15) is 0 Å². The van der Waals surface area contributed by atoms with Crippen molar-refractivity contribution >= 4 is 42.3 Å². The van der Waals surface area contributed by atoms with Crippen LogP contribution in [0.1, 0.15) is 29.7 Å². The van der Waals surface area contributed by atoms with Crippen LogP contribution in [0, 0.1) is 6.92 Å². The molecule has 2 aromatic carbocycles. The minimum absolute atomic E-state index is 0.402. The molecule has 1 atom stereocenters. The van der Waals surface area contributed by atoms with Crippen LogP contribution in [0.4, 0.5) is 11.4 Å². The second-order valence-electron chi connectivity index (χ2n) is 10.1. The molecule has 0 saturated carbocycles. The quantitative estimate of drug-likeness (QED) is 0.424. The number of rotatable bonds is 9. The van der Waals surface area contributed by atoms with Crippen molar-refractivity contribution in [2.45, 2.75) is 38.9 Å². The predicted octanol–water partition coefficient (Wildman–Crippen LogP) is 3.38. The third-order valence-corrected chi connectivity index (χ3v) is 7.76. The van der Waals surface area contributed by atoms with E-state index in [9.17, 15) is 16.8 Å². The number of nitrogens with one attached hydrogen (secondary N) is 2. The van der Waals surface area contributed by atoms with Gasteiger partial charge in [-0.1, -0.05) is 12.1 Å². The first-order valence-corrected chi connectivity index (χ1v) is 16.0. The summed E-state index contributed by atoms with van der Waals surface area (Å²) in [4.78, 5) is 9.65. The van der Waals surface area contributed by atoms with Gasteiger partial charge < -0.3 is 0 Å². The average Bonchev–Trinajstić information content (AvgIpc) is 2.79. The third-order valence-electron chi connectivity index (χ3n) is 6.55. The van der Waals surface area contributed by atoms with Crippen molar-refractivity contribution in [3.05, 3.63) is 65.4 Å². The van der Waals surface area contributed by atoms with Crippen molar-refractivity contribution in [3.63, 3.8) is 0 Å². The zero-order valence-corrected chi connectivity index (χ0v) is 23.4. The van der Waals surface area contributed by atoms with Crippen molar-refractivity contribution in [3.8, 4) is 0 Å². The summed E-state index contributed by atoms with van der Waals surface area (Å²) in [6.07, 6.45) is 4.53. The molecule has 1 aliphatic heterocycles. The van der Waals surface area contributed by atoms with Crippen molar-refractivity contribution in [1.29, 1.82) is 0 Å². The fourth-order valence-electron chi connectivity index (χ4n) is 4.89. The van der Waals surface area contributed by atoms with Crippen molar-refractivity contribution < 1.29 is 16.8 Å². The average molecular weight is 546 g/mol. The summed E-state index contributed by atoms with van der Waals surface area (Å²) in [7, 11) is -4.47. The van der Waals surface area contributed by atoms with Gasteiger partial charge in [-0.05, 0) is 80.9 Å². The number of hydrogen-bond acceptors (Lipinski definition) is 7. The lowest BCUT2D eigenvalue weighted by atomic mass is 10.0. The fourth-order valence-corrected chi connectivity index (χ4v) is 6.01. The van der Waals surface area contributed by atoms with E-state index in [1.165, 1.54) is 0 Å². The van der Waals surface area contributed by atoms with Crippen LogP contribution in [0.2, 0.25) is 0 Å². The van der Waals surface area contributed by atoms with E-state index in [2.05, 4.69) is 32.4 Å². The van der Waals surface area contributed by atoms with E-state index in [1.54, 1.807) is 18.2 Å². The Morgan fingerprint density at radius 1 is 0.973 bits per heavy atom. The van der Waals surface area contributed by atoms with Gasteiger partial charge in [-0.3, -0.25) is 24.2 Å². The molecule has 0 radical (unpaired) electrons. The van der Waals surface area contributed by atoms with Crippen LogP contribution in [-0.2, 0) is 33.1 Å². The Balaban J connectivity index is 1.39. The molecular formula is C26H35N5O4S2. The van der Waals surface area contributed by atoms with E-state index in [0.717, 1.165) is 79.3 Å². The number of piperidine rings is 1. The van der Waals surface area contributed by atoms with Gasteiger partial charge >= 0.3 is 0 Å². The first-order valence-electron chi connectivity index (χ1n) is 12.2. The Labute approximate surface area is 220 Å². The Hall–Kier alpha value is -2.73. The monoisotopic (exact) mass is 545 g/mol. The molecule has 4 rings (SSSR count). The highest BCUT2D eigenvalue weighted by atomic mass is 32.2. The fraction of sp³-hybridized carbons (Fsp3) is 0.423. The molecule has 11 heteroatoms. The number of hydrogen-bond donors (Lipinski definition) is 2. The number of aromatic nitrogens is 1. The number of pyridine rings is 1. The zero-order valence-electron chi connectivity index (χ0n) is 21.7. The van der Waals surface area contributed by atoms with Gasteiger partial charge in [-0.25, -0.2) is 16.8 Å². The molecule has 200 valence electrons. The predicted molar refractivity (Wildman–Crippen MR) is 150 cm³/mol. The van der Waals surface area contributed by atoms with Crippen LogP contribution < -0.4 is 9.44 Å². The van der Waals surface area contributed by atoms with E-state index in [1.807, 2.05) is 31.2 Å². The highest BCUT2D eigenvalue weighted by molar-refractivity contribution is 7.92. The molecule has 0 aliphatic carbocycles. The van der Waals surface area contributed by atoms with Gasteiger partial charge in [0.2, 0.25) is 20.0 Å². The highest BCUT2D eigenvalue weighted by Crippen LogP contribution is 2.24. The van der Waals surface area contributed by atoms with E-state index in [4.69, 9.17) is 4.98 Å².